The van der Waals surface area contributed by atoms with Crippen molar-refractivity contribution >= 4 is 17.5 Å². The van der Waals surface area contributed by atoms with Crippen LogP contribution in [0, 0.1) is 0 Å². The molecule has 0 saturated carbocycles. The van der Waals surface area contributed by atoms with Crippen molar-refractivity contribution in [3.05, 3.63) is 34.9 Å². The van der Waals surface area contributed by atoms with Crippen LogP contribution >= 0.6 is 11.6 Å². The molecule has 0 radical (unpaired) electrons. The summed E-state index contributed by atoms with van der Waals surface area (Å²) < 4.78 is 0. The summed E-state index contributed by atoms with van der Waals surface area (Å²) in [6, 6.07) is 8.06. The van der Waals surface area contributed by atoms with Gasteiger partial charge in [0, 0.05) is 30.6 Å². The van der Waals surface area contributed by atoms with Crippen molar-refractivity contribution in [1.29, 1.82) is 0 Å². The summed E-state index contributed by atoms with van der Waals surface area (Å²) in [6.45, 7) is 1.62. The number of carbonyl (C=O) groups is 1. The molecular formula is C14H19ClN2O. The topological polar surface area (TPSA) is 23.6 Å². The first-order valence-corrected chi connectivity index (χ1v) is 6.62. The largest absolute Gasteiger partial charge is 0.334 e. The number of rotatable bonds is 4. The van der Waals surface area contributed by atoms with Gasteiger partial charge in [0.2, 0.25) is 5.91 Å². The molecule has 1 fully saturated rings. The lowest BCUT2D eigenvalue weighted by Gasteiger charge is -2.27. The van der Waals surface area contributed by atoms with E-state index in [0.717, 1.165) is 23.6 Å². The Labute approximate surface area is 113 Å². The number of benzene rings is 1. The molecule has 0 aliphatic carbocycles. The van der Waals surface area contributed by atoms with Crippen LogP contribution in [0.4, 0.5) is 0 Å². The van der Waals surface area contributed by atoms with Crippen LogP contribution in [-0.2, 0) is 11.3 Å². The van der Waals surface area contributed by atoms with Crippen molar-refractivity contribution in [2.24, 2.45) is 0 Å². The van der Waals surface area contributed by atoms with Crippen LogP contribution in [0.5, 0.6) is 0 Å². The second kappa shape index (κ2) is 5.72. The van der Waals surface area contributed by atoms with E-state index in [2.05, 4.69) is 4.90 Å². The van der Waals surface area contributed by atoms with Crippen LogP contribution in [0.2, 0.25) is 5.02 Å². The average Bonchev–Trinajstić information content (AvgIpc) is 2.64. The van der Waals surface area contributed by atoms with Crippen LogP contribution in [0.3, 0.4) is 0 Å². The quantitative estimate of drug-likeness (QED) is 0.836. The maximum Gasteiger partial charge on any atom is 0.223 e. The lowest BCUT2D eigenvalue weighted by atomic mass is 10.2. The summed E-state index contributed by atoms with van der Waals surface area (Å²) in [4.78, 5) is 16.0. The van der Waals surface area contributed by atoms with E-state index < -0.39 is 0 Å². The Kier molecular flexibility index (Phi) is 4.25. The Morgan fingerprint density at radius 3 is 2.61 bits per heavy atom. The number of hydrogen-bond donors (Lipinski definition) is 0. The van der Waals surface area contributed by atoms with Crippen LogP contribution < -0.4 is 0 Å². The number of likely N-dealkylation sites (N-methyl/N-ethyl adjacent to an activating group) is 1. The zero-order chi connectivity index (χ0) is 13.1. The van der Waals surface area contributed by atoms with Crippen molar-refractivity contribution in [2.45, 2.75) is 25.4 Å². The highest BCUT2D eigenvalue weighted by molar-refractivity contribution is 6.30. The molecular weight excluding hydrogens is 248 g/mol. The molecule has 0 spiro atoms. The Hall–Kier alpha value is -1.06. The summed E-state index contributed by atoms with van der Waals surface area (Å²) in [5.41, 5.74) is 1.14. The minimum absolute atomic E-state index is 0.261. The number of carbonyl (C=O) groups excluding carboxylic acids is 1. The van der Waals surface area contributed by atoms with E-state index in [4.69, 9.17) is 11.6 Å². The van der Waals surface area contributed by atoms with Gasteiger partial charge < -0.3 is 9.80 Å². The smallest absolute Gasteiger partial charge is 0.223 e. The molecule has 1 atom stereocenters. The molecule has 0 N–H and O–H groups in total. The normalized spacial score (nSPS) is 19.9. The fourth-order valence-corrected chi connectivity index (χ4v) is 2.53. The van der Waals surface area contributed by atoms with E-state index in [1.54, 1.807) is 0 Å². The van der Waals surface area contributed by atoms with Gasteiger partial charge in [-0.1, -0.05) is 23.7 Å². The van der Waals surface area contributed by atoms with Crippen LogP contribution in [0.25, 0.3) is 0 Å². The van der Waals surface area contributed by atoms with Crippen molar-refractivity contribution in [3.63, 3.8) is 0 Å². The second-order valence-corrected chi connectivity index (χ2v) is 5.54. The lowest BCUT2D eigenvalue weighted by molar-refractivity contribution is -0.129. The molecule has 3 nitrogen and oxygen atoms in total. The van der Waals surface area contributed by atoms with E-state index in [0.29, 0.717) is 19.0 Å². The van der Waals surface area contributed by atoms with E-state index in [9.17, 15) is 4.79 Å². The van der Waals surface area contributed by atoms with Gasteiger partial charge in [-0.25, -0.2) is 0 Å². The number of likely N-dealkylation sites (tertiary alicyclic amines) is 1. The predicted octanol–water partition coefficient (Wildman–Crippen LogP) is 2.39. The molecule has 1 saturated heterocycles. The molecule has 1 aliphatic heterocycles. The van der Waals surface area contributed by atoms with E-state index in [1.807, 2.05) is 43.3 Å². The third-order valence-electron chi connectivity index (χ3n) is 3.29. The van der Waals surface area contributed by atoms with Gasteiger partial charge in [-0.2, -0.15) is 0 Å². The Morgan fingerprint density at radius 2 is 2.00 bits per heavy atom. The molecule has 1 aliphatic rings. The Balaban J connectivity index is 2.05. The first-order chi connectivity index (χ1) is 8.56. The van der Waals surface area contributed by atoms with Gasteiger partial charge in [-0.05, 0) is 38.2 Å². The van der Waals surface area contributed by atoms with E-state index in [1.165, 1.54) is 0 Å². The summed E-state index contributed by atoms with van der Waals surface area (Å²) >= 11 is 5.87. The maximum absolute atomic E-state index is 11.9. The van der Waals surface area contributed by atoms with Gasteiger partial charge in [0.1, 0.15) is 0 Å². The highest BCUT2D eigenvalue weighted by atomic mass is 35.5. The van der Waals surface area contributed by atoms with E-state index >= 15 is 0 Å². The zero-order valence-corrected chi connectivity index (χ0v) is 11.7. The highest BCUT2D eigenvalue weighted by Gasteiger charge is 2.30. The third-order valence-corrected chi connectivity index (χ3v) is 3.55. The van der Waals surface area contributed by atoms with Gasteiger partial charge >= 0.3 is 0 Å². The fraction of sp³-hybridized carbons (Fsp3) is 0.500. The summed E-state index contributed by atoms with van der Waals surface area (Å²) in [5.74, 6) is 0.261. The monoisotopic (exact) mass is 266 g/mol. The molecule has 1 aromatic rings. The van der Waals surface area contributed by atoms with Gasteiger partial charge in [0.15, 0.2) is 0 Å². The van der Waals surface area contributed by atoms with Crippen molar-refractivity contribution in [3.8, 4) is 0 Å². The van der Waals surface area contributed by atoms with Gasteiger partial charge in [-0.15, -0.1) is 0 Å². The molecule has 0 aromatic heterocycles. The fourth-order valence-electron chi connectivity index (χ4n) is 2.41. The minimum atomic E-state index is 0.261. The molecule has 0 bridgehead atoms. The zero-order valence-electron chi connectivity index (χ0n) is 10.9. The molecule has 98 valence electrons. The van der Waals surface area contributed by atoms with Crippen molar-refractivity contribution in [1.82, 2.24) is 9.80 Å². The Bertz CT molecular complexity index is 416. The summed E-state index contributed by atoms with van der Waals surface area (Å²) in [5, 5.41) is 0.733. The number of hydrogen-bond acceptors (Lipinski definition) is 2. The molecule has 18 heavy (non-hydrogen) atoms. The minimum Gasteiger partial charge on any atom is -0.334 e. The first kappa shape index (κ1) is 13.4. The number of nitrogens with zero attached hydrogens (tertiary/aromatic N) is 2. The van der Waals surface area contributed by atoms with Crippen LogP contribution in [-0.4, -0.2) is 42.4 Å². The lowest BCUT2D eigenvalue weighted by Crippen LogP contribution is -2.39. The third kappa shape index (κ3) is 3.24. The summed E-state index contributed by atoms with van der Waals surface area (Å²) in [7, 11) is 4.09. The van der Waals surface area contributed by atoms with Crippen molar-refractivity contribution in [2.75, 3.05) is 20.6 Å². The average molecular weight is 267 g/mol. The number of amides is 1. The molecule has 1 amide bonds. The molecule has 1 unspecified atom stereocenters. The SMILES string of the molecule is CN(C)CC1CCC(=O)N1Cc1ccc(Cl)cc1. The summed E-state index contributed by atoms with van der Waals surface area (Å²) in [6.07, 6.45) is 1.64. The molecule has 4 heteroatoms. The van der Waals surface area contributed by atoms with Gasteiger partial charge in [0.05, 0.1) is 0 Å². The maximum atomic E-state index is 11.9. The van der Waals surface area contributed by atoms with Gasteiger partial charge in [0.25, 0.3) is 0 Å². The van der Waals surface area contributed by atoms with Crippen LogP contribution in [0.1, 0.15) is 18.4 Å². The standard InChI is InChI=1S/C14H19ClN2O/c1-16(2)10-13-7-8-14(18)17(13)9-11-3-5-12(15)6-4-11/h3-6,13H,7-10H2,1-2H3. The predicted molar refractivity (Wildman–Crippen MR) is 73.6 cm³/mol. The van der Waals surface area contributed by atoms with Crippen molar-refractivity contribution < 1.29 is 4.79 Å². The molecule has 2 rings (SSSR count). The number of halogens is 1. The first-order valence-electron chi connectivity index (χ1n) is 6.25. The molecule has 1 aromatic carbocycles. The van der Waals surface area contributed by atoms with Crippen LogP contribution in [0.15, 0.2) is 24.3 Å². The molecule has 1 heterocycles. The highest BCUT2D eigenvalue weighted by Crippen LogP contribution is 2.22. The second-order valence-electron chi connectivity index (χ2n) is 5.10. The van der Waals surface area contributed by atoms with Gasteiger partial charge in [-0.3, -0.25) is 4.79 Å². The Morgan fingerprint density at radius 1 is 1.33 bits per heavy atom. The van der Waals surface area contributed by atoms with E-state index in [-0.39, 0.29) is 5.91 Å².